The number of ether oxygens (including phenoxy) is 1. The van der Waals surface area contributed by atoms with Crippen molar-refractivity contribution in [2.75, 3.05) is 12.3 Å². The van der Waals surface area contributed by atoms with Gasteiger partial charge in [-0.25, -0.2) is 23.3 Å². The van der Waals surface area contributed by atoms with Crippen molar-refractivity contribution in [3.63, 3.8) is 0 Å². The second-order valence-corrected chi connectivity index (χ2v) is 7.40. The Morgan fingerprint density at radius 1 is 1.16 bits per heavy atom. The summed E-state index contributed by atoms with van der Waals surface area (Å²) in [4.78, 5) is 31.7. The Morgan fingerprint density at radius 2 is 1.94 bits per heavy atom. The number of nitrogens with two attached hydrogens (primary N) is 1. The second kappa shape index (κ2) is 7.47. The molecular weight excluding hydrogens is 403 g/mol. The summed E-state index contributed by atoms with van der Waals surface area (Å²) in [6, 6.07) is 8.77. The maximum atomic E-state index is 13.5. The standard InChI is InChI=1S/C21H19FN6O3/c22-14-6-3-12(4-7-14)18-17(13-5-8-16(29)24-10-13)19-26-27(11-15-2-1-9-31-15)21(30)28(19)20(23)25-18/h3-8,10,15H,1-2,9,11H2,(H2,23,25)(H,24,29)/t15-/m1/s1. The van der Waals surface area contributed by atoms with Crippen LogP contribution in [0.1, 0.15) is 12.8 Å². The molecule has 1 aliphatic heterocycles. The van der Waals surface area contributed by atoms with E-state index >= 15 is 0 Å². The van der Waals surface area contributed by atoms with E-state index in [1.807, 2.05) is 0 Å². The highest BCUT2D eigenvalue weighted by Gasteiger charge is 2.24. The Balaban J connectivity index is 1.78. The SMILES string of the molecule is Nc1nc(-c2ccc(F)cc2)c(-c2ccc(=O)[nH]c2)c2nn(C[C@H]3CCCO3)c(=O)n12. The highest BCUT2D eigenvalue weighted by molar-refractivity contribution is 5.90. The van der Waals surface area contributed by atoms with Gasteiger partial charge in [-0.1, -0.05) is 0 Å². The van der Waals surface area contributed by atoms with E-state index in [-0.39, 0.29) is 23.4 Å². The quantitative estimate of drug-likeness (QED) is 0.518. The van der Waals surface area contributed by atoms with Crippen LogP contribution in [0.5, 0.6) is 0 Å². The van der Waals surface area contributed by atoms with Gasteiger partial charge in [0.2, 0.25) is 11.5 Å². The van der Waals surface area contributed by atoms with Gasteiger partial charge in [0.25, 0.3) is 0 Å². The molecule has 3 aromatic heterocycles. The van der Waals surface area contributed by atoms with Crippen molar-refractivity contribution >= 4 is 11.6 Å². The smallest absolute Gasteiger partial charge is 0.353 e. The predicted octanol–water partition coefficient (Wildman–Crippen LogP) is 1.81. The highest BCUT2D eigenvalue weighted by atomic mass is 19.1. The number of nitrogens with one attached hydrogen (secondary N) is 1. The van der Waals surface area contributed by atoms with Gasteiger partial charge in [-0.3, -0.25) is 4.79 Å². The zero-order valence-corrected chi connectivity index (χ0v) is 16.4. The zero-order valence-electron chi connectivity index (χ0n) is 16.4. The highest BCUT2D eigenvalue weighted by Crippen LogP contribution is 2.33. The first-order valence-electron chi connectivity index (χ1n) is 9.87. The van der Waals surface area contributed by atoms with Gasteiger partial charge >= 0.3 is 5.69 Å². The Labute approximate surface area is 174 Å². The molecule has 0 amide bonds. The maximum Gasteiger partial charge on any atom is 0.353 e. The first-order valence-corrected chi connectivity index (χ1v) is 9.87. The summed E-state index contributed by atoms with van der Waals surface area (Å²) in [5.41, 5.74) is 7.86. The molecular formula is C21H19FN6O3. The Bertz CT molecular complexity index is 1360. The molecule has 5 rings (SSSR count). The minimum atomic E-state index is -0.424. The largest absolute Gasteiger partial charge is 0.376 e. The molecule has 4 aromatic rings. The third kappa shape index (κ3) is 3.40. The van der Waals surface area contributed by atoms with Crippen molar-refractivity contribution in [1.82, 2.24) is 24.1 Å². The summed E-state index contributed by atoms with van der Waals surface area (Å²) in [5, 5.41) is 4.54. The van der Waals surface area contributed by atoms with Gasteiger partial charge in [0.05, 0.1) is 23.9 Å². The molecule has 1 saturated heterocycles. The molecule has 1 aromatic carbocycles. The average Bonchev–Trinajstić information content (AvgIpc) is 3.38. The van der Waals surface area contributed by atoms with Crippen molar-refractivity contribution in [1.29, 1.82) is 0 Å². The molecule has 1 fully saturated rings. The number of pyridine rings is 1. The molecule has 0 aliphatic carbocycles. The van der Waals surface area contributed by atoms with Crippen LogP contribution in [0.4, 0.5) is 10.3 Å². The maximum absolute atomic E-state index is 13.5. The van der Waals surface area contributed by atoms with E-state index in [0.717, 1.165) is 12.8 Å². The van der Waals surface area contributed by atoms with Gasteiger partial charge in [-0.05, 0) is 43.2 Å². The van der Waals surface area contributed by atoms with Gasteiger partial charge in [0.15, 0.2) is 5.65 Å². The predicted molar refractivity (Wildman–Crippen MR) is 112 cm³/mol. The molecule has 0 radical (unpaired) electrons. The number of nitrogens with zero attached hydrogens (tertiary/aromatic N) is 4. The third-order valence-corrected chi connectivity index (χ3v) is 5.35. The van der Waals surface area contributed by atoms with Crippen LogP contribution in [-0.4, -0.2) is 36.9 Å². The van der Waals surface area contributed by atoms with Gasteiger partial charge in [0, 0.05) is 30.0 Å². The van der Waals surface area contributed by atoms with Crippen LogP contribution in [0.15, 0.2) is 52.2 Å². The summed E-state index contributed by atoms with van der Waals surface area (Å²) in [6.45, 7) is 0.963. The van der Waals surface area contributed by atoms with E-state index in [0.29, 0.717) is 41.2 Å². The number of halogens is 1. The number of fused-ring (bicyclic) bond motifs is 1. The lowest BCUT2D eigenvalue weighted by atomic mass is 10.0. The minimum Gasteiger partial charge on any atom is -0.376 e. The molecule has 158 valence electrons. The first-order chi connectivity index (χ1) is 15.0. The number of hydrogen-bond donors (Lipinski definition) is 2. The molecule has 1 aliphatic rings. The van der Waals surface area contributed by atoms with Crippen molar-refractivity contribution in [3.05, 3.63) is 69.3 Å². The number of hydrogen-bond acceptors (Lipinski definition) is 6. The topological polar surface area (TPSA) is 120 Å². The summed E-state index contributed by atoms with van der Waals surface area (Å²) < 4.78 is 21.7. The molecule has 0 spiro atoms. The Morgan fingerprint density at radius 3 is 2.61 bits per heavy atom. The van der Waals surface area contributed by atoms with E-state index in [9.17, 15) is 14.0 Å². The van der Waals surface area contributed by atoms with Gasteiger partial charge in [-0.15, -0.1) is 5.10 Å². The fraction of sp³-hybridized carbons (Fsp3) is 0.238. The molecule has 10 heteroatoms. The molecule has 0 bridgehead atoms. The summed E-state index contributed by atoms with van der Waals surface area (Å²) >= 11 is 0. The lowest BCUT2D eigenvalue weighted by Crippen LogP contribution is -2.28. The van der Waals surface area contributed by atoms with Crippen molar-refractivity contribution < 1.29 is 9.13 Å². The number of rotatable bonds is 4. The molecule has 9 nitrogen and oxygen atoms in total. The van der Waals surface area contributed by atoms with Crippen LogP contribution in [0.2, 0.25) is 0 Å². The fourth-order valence-electron chi connectivity index (χ4n) is 3.85. The van der Waals surface area contributed by atoms with Crippen LogP contribution in [-0.2, 0) is 11.3 Å². The summed E-state index contributed by atoms with van der Waals surface area (Å²) in [6.07, 6.45) is 3.21. The van der Waals surface area contributed by atoms with Crippen LogP contribution < -0.4 is 17.0 Å². The van der Waals surface area contributed by atoms with Gasteiger partial charge in [0.1, 0.15) is 5.82 Å². The van der Waals surface area contributed by atoms with Gasteiger partial charge in [-0.2, -0.15) is 0 Å². The Hall–Kier alpha value is -3.79. The number of H-pyrrole nitrogens is 1. The molecule has 0 saturated carbocycles. The second-order valence-electron chi connectivity index (χ2n) is 7.40. The van der Waals surface area contributed by atoms with Crippen LogP contribution >= 0.6 is 0 Å². The molecule has 0 unspecified atom stereocenters. The van der Waals surface area contributed by atoms with E-state index in [2.05, 4.69) is 15.1 Å². The molecule has 1 atom stereocenters. The van der Waals surface area contributed by atoms with Crippen molar-refractivity contribution in [2.45, 2.75) is 25.5 Å². The average molecular weight is 422 g/mol. The molecule has 4 heterocycles. The lowest BCUT2D eigenvalue weighted by Gasteiger charge is -2.11. The van der Waals surface area contributed by atoms with Crippen LogP contribution in [0, 0.1) is 5.82 Å². The lowest BCUT2D eigenvalue weighted by molar-refractivity contribution is 0.0931. The fourth-order valence-corrected chi connectivity index (χ4v) is 3.85. The molecule has 3 N–H and O–H groups in total. The number of aromatic nitrogens is 5. The van der Waals surface area contributed by atoms with Crippen molar-refractivity contribution in [3.8, 4) is 22.4 Å². The number of nitrogen functional groups attached to an aromatic ring is 1. The Kier molecular flexibility index (Phi) is 4.63. The van der Waals surface area contributed by atoms with Crippen LogP contribution in [0.25, 0.3) is 28.0 Å². The zero-order chi connectivity index (χ0) is 21.5. The molecule has 31 heavy (non-hydrogen) atoms. The number of benzene rings is 1. The monoisotopic (exact) mass is 422 g/mol. The third-order valence-electron chi connectivity index (χ3n) is 5.35. The van der Waals surface area contributed by atoms with E-state index in [1.54, 1.807) is 18.2 Å². The van der Waals surface area contributed by atoms with Crippen LogP contribution in [0.3, 0.4) is 0 Å². The normalized spacial score (nSPS) is 16.2. The van der Waals surface area contributed by atoms with E-state index < -0.39 is 5.69 Å². The first kappa shape index (κ1) is 19.2. The summed E-state index contributed by atoms with van der Waals surface area (Å²) in [7, 11) is 0. The number of aromatic amines is 1. The minimum absolute atomic E-state index is 0.0360. The van der Waals surface area contributed by atoms with Gasteiger partial charge < -0.3 is 15.5 Å². The van der Waals surface area contributed by atoms with E-state index in [1.165, 1.54) is 33.5 Å². The summed E-state index contributed by atoms with van der Waals surface area (Å²) in [5.74, 6) is -0.424. The van der Waals surface area contributed by atoms with Crippen molar-refractivity contribution in [2.24, 2.45) is 0 Å². The number of anilines is 1. The van der Waals surface area contributed by atoms with E-state index in [4.69, 9.17) is 10.5 Å².